The summed E-state index contributed by atoms with van der Waals surface area (Å²) < 4.78 is 18.2. The van der Waals surface area contributed by atoms with Crippen molar-refractivity contribution in [2.45, 2.75) is 17.7 Å². The zero-order chi connectivity index (χ0) is 16.8. The molecule has 0 aliphatic carbocycles. The summed E-state index contributed by atoms with van der Waals surface area (Å²) in [7, 11) is 0. The van der Waals surface area contributed by atoms with Crippen LogP contribution < -0.4 is 4.74 Å². The summed E-state index contributed by atoms with van der Waals surface area (Å²) in [6.45, 7) is 0.130. The molecular formula is C16H16FN3O2S2. The van der Waals surface area contributed by atoms with Crippen molar-refractivity contribution in [2.24, 2.45) is 0 Å². The summed E-state index contributed by atoms with van der Waals surface area (Å²) in [5.74, 6) is 1.42. The van der Waals surface area contributed by atoms with Gasteiger partial charge < -0.3 is 9.84 Å². The number of nitrogens with one attached hydrogen (secondary N) is 1. The Labute approximate surface area is 146 Å². The van der Waals surface area contributed by atoms with Gasteiger partial charge in [-0.15, -0.1) is 16.4 Å². The van der Waals surface area contributed by atoms with Crippen LogP contribution in [-0.2, 0) is 6.42 Å². The van der Waals surface area contributed by atoms with Gasteiger partial charge in [0.2, 0.25) is 5.16 Å². The summed E-state index contributed by atoms with van der Waals surface area (Å²) in [6, 6.07) is 9.75. The van der Waals surface area contributed by atoms with Crippen molar-refractivity contribution >= 4 is 23.1 Å². The van der Waals surface area contributed by atoms with Gasteiger partial charge in [-0.25, -0.2) is 9.37 Å². The Hall–Kier alpha value is -1.90. The first-order chi connectivity index (χ1) is 11.7. The first-order valence-corrected chi connectivity index (χ1v) is 9.18. The van der Waals surface area contributed by atoms with E-state index in [0.29, 0.717) is 16.7 Å². The van der Waals surface area contributed by atoms with E-state index in [0.717, 1.165) is 12.2 Å². The topological polar surface area (TPSA) is 71.0 Å². The number of hydrogen-bond acceptors (Lipinski definition) is 6. The molecule has 2 N–H and O–H groups in total. The molecule has 2 heterocycles. The van der Waals surface area contributed by atoms with Gasteiger partial charge in [-0.05, 0) is 35.7 Å². The second-order valence-corrected chi connectivity index (χ2v) is 7.07. The van der Waals surface area contributed by atoms with Gasteiger partial charge in [0.05, 0.1) is 6.10 Å². The molecule has 0 spiro atoms. The van der Waals surface area contributed by atoms with E-state index in [4.69, 9.17) is 4.74 Å². The van der Waals surface area contributed by atoms with E-state index in [1.807, 2.05) is 11.4 Å². The monoisotopic (exact) mass is 365 g/mol. The fourth-order valence-corrected chi connectivity index (χ4v) is 3.37. The average molecular weight is 365 g/mol. The maximum absolute atomic E-state index is 12.8. The van der Waals surface area contributed by atoms with Crippen LogP contribution in [0.2, 0.25) is 0 Å². The van der Waals surface area contributed by atoms with Crippen molar-refractivity contribution < 1.29 is 14.2 Å². The summed E-state index contributed by atoms with van der Waals surface area (Å²) in [4.78, 5) is 5.61. The summed E-state index contributed by atoms with van der Waals surface area (Å²) in [5, 5.41) is 19.6. The van der Waals surface area contributed by atoms with Gasteiger partial charge in [-0.2, -0.15) is 0 Å². The fourth-order valence-electron chi connectivity index (χ4n) is 1.94. The number of nitrogens with zero attached hydrogens (tertiary/aromatic N) is 2. The minimum Gasteiger partial charge on any atom is -0.491 e. The lowest BCUT2D eigenvalue weighted by Crippen LogP contribution is -2.20. The van der Waals surface area contributed by atoms with E-state index in [1.165, 1.54) is 40.9 Å². The predicted molar refractivity (Wildman–Crippen MR) is 92.1 cm³/mol. The van der Waals surface area contributed by atoms with Crippen molar-refractivity contribution in [3.05, 3.63) is 58.3 Å². The molecule has 0 saturated carbocycles. The number of halogens is 1. The highest BCUT2D eigenvalue weighted by molar-refractivity contribution is 7.99. The highest BCUT2D eigenvalue weighted by Crippen LogP contribution is 2.17. The van der Waals surface area contributed by atoms with Gasteiger partial charge in [-0.3, -0.25) is 5.10 Å². The van der Waals surface area contributed by atoms with Crippen LogP contribution in [0.1, 0.15) is 10.7 Å². The Morgan fingerprint density at radius 2 is 2.12 bits per heavy atom. The van der Waals surface area contributed by atoms with E-state index < -0.39 is 6.10 Å². The van der Waals surface area contributed by atoms with Gasteiger partial charge >= 0.3 is 0 Å². The lowest BCUT2D eigenvalue weighted by atomic mass is 10.3. The second-order valence-electron chi connectivity index (χ2n) is 5.05. The summed E-state index contributed by atoms with van der Waals surface area (Å²) in [5.41, 5.74) is 0. The molecule has 3 aromatic rings. The van der Waals surface area contributed by atoms with Crippen LogP contribution in [0.4, 0.5) is 4.39 Å². The Kier molecular flexibility index (Phi) is 5.84. The summed E-state index contributed by atoms with van der Waals surface area (Å²) in [6.07, 6.45) is 0.0564. The largest absolute Gasteiger partial charge is 0.491 e. The predicted octanol–water partition coefficient (Wildman–Crippen LogP) is 3.13. The maximum Gasteiger partial charge on any atom is 0.208 e. The van der Waals surface area contributed by atoms with Gasteiger partial charge in [0, 0.05) is 17.1 Å². The molecule has 1 unspecified atom stereocenters. The van der Waals surface area contributed by atoms with Crippen LogP contribution in [0.15, 0.2) is 46.9 Å². The van der Waals surface area contributed by atoms with Gasteiger partial charge in [0.1, 0.15) is 24.0 Å². The minimum atomic E-state index is -0.667. The van der Waals surface area contributed by atoms with Crippen LogP contribution in [-0.4, -0.2) is 38.8 Å². The zero-order valence-electron chi connectivity index (χ0n) is 12.7. The number of benzene rings is 1. The van der Waals surface area contributed by atoms with Gasteiger partial charge in [-0.1, -0.05) is 17.8 Å². The molecule has 3 rings (SSSR count). The van der Waals surface area contributed by atoms with Crippen LogP contribution in [0.25, 0.3) is 0 Å². The summed E-state index contributed by atoms with van der Waals surface area (Å²) >= 11 is 3.04. The van der Waals surface area contributed by atoms with Crippen LogP contribution in [0.3, 0.4) is 0 Å². The molecule has 5 nitrogen and oxygen atoms in total. The third kappa shape index (κ3) is 5.05. The molecule has 0 aliphatic rings. The fraction of sp³-hybridized carbons (Fsp3) is 0.250. The molecule has 126 valence electrons. The van der Waals surface area contributed by atoms with Crippen molar-refractivity contribution in [3.63, 3.8) is 0 Å². The molecule has 0 saturated heterocycles. The number of thiophene rings is 1. The minimum absolute atomic E-state index is 0.130. The highest BCUT2D eigenvalue weighted by Gasteiger charge is 2.10. The Morgan fingerprint density at radius 1 is 1.29 bits per heavy atom. The Balaban J connectivity index is 1.42. The molecule has 0 aliphatic heterocycles. The van der Waals surface area contributed by atoms with Crippen molar-refractivity contribution in [3.8, 4) is 5.75 Å². The van der Waals surface area contributed by atoms with Crippen molar-refractivity contribution in [1.29, 1.82) is 0 Å². The number of H-pyrrole nitrogens is 1. The molecule has 0 radical (unpaired) electrons. The highest BCUT2D eigenvalue weighted by atomic mass is 32.2. The maximum atomic E-state index is 12.8. The SMILES string of the molecule is OC(COc1ccc(F)cc1)CSc1n[nH]c(Cc2cccs2)n1. The molecule has 1 aromatic carbocycles. The number of thioether (sulfide) groups is 1. The number of rotatable bonds is 8. The Morgan fingerprint density at radius 3 is 2.88 bits per heavy atom. The number of aliphatic hydroxyl groups excluding tert-OH is 1. The quantitative estimate of drug-likeness (QED) is 0.600. The van der Waals surface area contributed by atoms with Gasteiger partial charge in [0.15, 0.2) is 0 Å². The molecule has 8 heteroatoms. The van der Waals surface area contributed by atoms with E-state index >= 15 is 0 Å². The van der Waals surface area contributed by atoms with Crippen molar-refractivity contribution in [1.82, 2.24) is 15.2 Å². The van der Waals surface area contributed by atoms with Crippen molar-refractivity contribution in [2.75, 3.05) is 12.4 Å². The number of aromatic nitrogens is 3. The first-order valence-electron chi connectivity index (χ1n) is 7.32. The number of aliphatic hydroxyl groups is 1. The molecule has 24 heavy (non-hydrogen) atoms. The van der Waals surface area contributed by atoms with E-state index in [-0.39, 0.29) is 12.4 Å². The molecular weight excluding hydrogens is 349 g/mol. The normalized spacial score (nSPS) is 12.2. The molecule has 2 aromatic heterocycles. The molecule has 0 bridgehead atoms. The third-order valence-electron chi connectivity index (χ3n) is 3.09. The second kappa shape index (κ2) is 8.27. The van der Waals surface area contributed by atoms with Crippen LogP contribution in [0.5, 0.6) is 5.75 Å². The molecule has 0 fully saturated rings. The smallest absolute Gasteiger partial charge is 0.208 e. The lowest BCUT2D eigenvalue weighted by molar-refractivity contribution is 0.126. The number of ether oxygens (including phenoxy) is 1. The van der Waals surface area contributed by atoms with Crippen LogP contribution in [0, 0.1) is 5.82 Å². The first kappa shape index (κ1) is 16.9. The van der Waals surface area contributed by atoms with E-state index in [2.05, 4.69) is 21.2 Å². The lowest BCUT2D eigenvalue weighted by Gasteiger charge is -2.11. The Bertz CT molecular complexity index is 747. The number of hydrogen-bond donors (Lipinski definition) is 2. The van der Waals surface area contributed by atoms with Crippen LogP contribution >= 0.6 is 23.1 Å². The number of aromatic amines is 1. The average Bonchev–Trinajstić information content (AvgIpc) is 3.25. The van der Waals surface area contributed by atoms with Gasteiger partial charge in [0.25, 0.3) is 0 Å². The molecule has 0 amide bonds. The zero-order valence-corrected chi connectivity index (χ0v) is 14.3. The third-order valence-corrected chi connectivity index (χ3v) is 4.96. The standard InChI is InChI=1S/C16H16FN3O2S2/c17-11-3-5-13(6-4-11)22-9-12(21)10-24-16-18-15(19-20-16)8-14-2-1-7-23-14/h1-7,12,21H,8-10H2,(H,18,19,20). The van der Waals surface area contributed by atoms with E-state index in [9.17, 15) is 9.50 Å². The van der Waals surface area contributed by atoms with E-state index in [1.54, 1.807) is 11.3 Å². The molecule has 1 atom stereocenters.